The predicted molar refractivity (Wildman–Crippen MR) is 59.1 cm³/mol. The van der Waals surface area contributed by atoms with Crippen LogP contribution in [0.1, 0.15) is 4.88 Å². The van der Waals surface area contributed by atoms with Crippen LogP contribution in [0.4, 0.5) is 0 Å². The Balaban J connectivity index is 2.34. The van der Waals surface area contributed by atoms with Crippen molar-refractivity contribution < 1.29 is 5.21 Å². The highest BCUT2D eigenvalue weighted by Gasteiger charge is 1.99. The first kappa shape index (κ1) is 8.97. The summed E-state index contributed by atoms with van der Waals surface area (Å²) in [6, 6.07) is 14.1. The summed E-state index contributed by atoms with van der Waals surface area (Å²) in [5.41, 5.74) is 1.19. The molecule has 14 heavy (non-hydrogen) atoms. The molecule has 1 aromatic heterocycles. The van der Waals surface area contributed by atoms with Crippen LogP contribution in [0.2, 0.25) is 0 Å². The molecule has 0 spiro atoms. The maximum Gasteiger partial charge on any atom is 0.0833 e. The van der Waals surface area contributed by atoms with Crippen LogP contribution >= 0.6 is 11.3 Å². The summed E-state index contributed by atoms with van der Waals surface area (Å²) < 4.78 is 0. The molecule has 0 amide bonds. The molecule has 0 bridgehead atoms. The van der Waals surface area contributed by atoms with Crippen LogP contribution in [0.3, 0.4) is 0 Å². The van der Waals surface area contributed by atoms with Crippen LogP contribution in [-0.4, -0.2) is 11.4 Å². The highest BCUT2D eigenvalue weighted by molar-refractivity contribution is 7.17. The van der Waals surface area contributed by atoms with E-state index in [4.69, 9.17) is 5.21 Å². The fraction of sp³-hybridized carbons (Fsp3) is 0. The van der Waals surface area contributed by atoms with E-state index in [1.54, 1.807) is 11.3 Å². The highest BCUT2D eigenvalue weighted by Crippen LogP contribution is 2.26. The van der Waals surface area contributed by atoms with Gasteiger partial charge in [-0.2, -0.15) is 0 Å². The molecule has 0 saturated carbocycles. The Morgan fingerprint density at radius 2 is 1.86 bits per heavy atom. The summed E-state index contributed by atoms with van der Waals surface area (Å²) in [5, 5.41) is 11.4. The zero-order chi connectivity index (χ0) is 9.80. The van der Waals surface area contributed by atoms with Crippen LogP contribution in [0, 0.1) is 0 Å². The molecule has 1 heterocycles. The zero-order valence-electron chi connectivity index (χ0n) is 7.42. The van der Waals surface area contributed by atoms with Gasteiger partial charge in [0.1, 0.15) is 0 Å². The van der Waals surface area contributed by atoms with Crippen molar-refractivity contribution in [3.05, 3.63) is 47.3 Å². The van der Waals surface area contributed by atoms with E-state index < -0.39 is 0 Å². The lowest BCUT2D eigenvalue weighted by molar-refractivity contribution is 0.322. The summed E-state index contributed by atoms with van der Waals surface area (Å²) in [4.78, 5) is 2.13. The van der Waals surface area contributed by atoms with Gasteiger partial charge in [-0.3, -0.25) is 0 Å². The molecule has 0 radical (unpaired) electrons. The van der Waals surface area contributed by atoms with E-state index in [9.17, 15) is 0 Å². The standard InChI is InChI=1S/C11H9NOS/c13-12-8-10-6-7-11(14-10)9-4-2-1-3-5-9/h1-8,13H/b12-8-. The van der Waals surface area contributed by atoms with E-state index >= 15 is 0 Å². The Kier molecular flexibility index (Phi) is 2.60. The first-order chi connectivity index (χ1) is 6.90. The lowest BCUT2D eigenvalue weighted by Crippen LogP contribution is -1.69. The van der Waals surface area contributed by atoms with Crippen LogP contribution in [-0.2, 0) is 0 Å². The van der Waals surface area contributed by atoms with Gasteiger partial charge in [0, 0.05) is 9.75 Å². The van der Waals surface area contributed by atoms with Crippen LogP contribution in [0.5, 0.6) is 0 Å². The van der Waals surface area contributed by atoms with Crippen molar-refractivity contribution in [1.82, 2.24) is 0 Å². The molecule has 2 aromatic rings. The highest BCUT2D eigenvalue weighted by atomic mass is 32.1. The van der Waals surface area contributed by atoms with E-state index in [2.05, 4.69) is 17.3 Å². The Hall–Kier alpha value is -1.61. The fourth-order valence-electron chi connectivity index (χ4n) is 1.24. The van der Waals surface area contributed by atoms with Crippen molar-refractivity contribution in [2.75, 3.05) is 0 Å². The van der Waals surface area contributed by atoms with Gasteiger partial charge in [-0.1, -0.05) is 35.5 Å². The van der Waals surface area contributed by atoms with E-state index in [1.807, 2.05) is 30.3 Å². The fourth-order valence-corrected chi connectivity index (χ4v) is 2.12. The maximum absolute atomic E-state index is 8.38. The van der Waals surface area contributed by atoms with E-state index in [-0.39, 0.29) is 0 Å². The van der Waals surface area contributed by atoms with Crippen LogP contribution in [0.15, 0.2) is 47.6 Å². The second-order valence-electron chi connectivity index (χ2n) is 2.81. The normalized spacial score (nSPS) is 10.9. The molecule has 2 nitrogen and oxygen atoms in total. The Bertz CT molecular complexity index is 434. The molecule has 1 N–H and O–H groups in total. The molecule has 0 aliphatic carbocycles. The predicted octanol–water partition coefficient (Wildman–Crippen LogP) is 3.22. The van der Waals surface area contributed by atoms with Crippen molar-refractivity contribution in [2.24, 2.45) is 5.16 Å². The monoisotopic (exact) mass is 203 g/mol. The van der Waals surface area contributed by atoms with Crippen molar-refractivity contribution in [3.8, 4) is 10.4 Å². The Morgan fingerprint density at radius 1 is 1.07 bits per heavy atom. The van der Waals surface area contributed by atoms with E-state index in [0.29, 0.717) is 0 Å². The van der Waals surface area contributed by atoms with Gasteiger partial charge in [0.2, 0.25) is 0 Å². The number of hydrogen-bond acceptors (Lipinski definition) is 3. The van der Waals surface area contributed by atoms with Crippen LogP contribution in [0.25, 0.3) is 10.4 Å². The molecule has 1 aromatic carbocycles. The van der Waals surface area contributed by atoms with Crippen molar-refractivity contribution >= 4 is 17.6 Å². The lowest BCUT2D eigenvalue weighted by atomic mass is 10.2. The summed E-state index contributed by atoms with van der Waals surface area (Å²) in [5.74, 6) is 0. The van der Waals surface area contributed by atoms with E-state index in [0.717, 1.165) is 4.88 Å². The largest absolute Gasteiger partial charge is 0.411 e. The van der Waals surface area contributed by atoms with Gasteiger partial charge in [0.05, 0.1) is 6.21 Å². The van der Waals surface area contributed by atoms with Gasteiger partial charge in [-0.25, -0.2) is 0 Å². The average Bonchev–Trinajstić information content (AvgIpc) is 2.68. The molecule has 0 atom stereocenters. The summed E-state index contributed by atoms with van der Waals surface area (Å²) >= 11 is 1.60. The molecular weight excluding hydrogens is 194 g/mol. The zero-order valence-corrected chi connectivity index (χ0v) is 8.24. The van der Waals surface area contributed by atoms with Gasteiger partial charge in [0.25, 0.3) is 0 Å². The first-order valence-electron chi connectivity index (χ1n) is 4.23. The minimum Gasteiger partial charge on any atom is -0.411 e. The SMILES string of the molecule is O/N=C\c1ccc(-c2ccccc2)s1. The molecule has 0 unspecified atom stereocenters. The molecule has 2 rings (SSSR count). The number of nitrogens with zero attached hydrogens (tertiary/aromatic N) is 1. The number of rotatable bonds is 2. The van der Waals surface area contributed by atoms with Crippen molar-refractivity contribution in [1.29, 1.82) is 0 Å². The van der Waals surface area contributed by atoms with Gasteiger partial charge in [-0.05, 0) is 17.7 Å². The summed E-state index contributed by atoms with van der Waals surface area (Å²) in [7, 11) is 0. The third-order valence-electron chi connectivity index (χ3n) is 1.87. The van der Waals surface area contributed by atoms with Crippen molar-refractivity contribution in [3.63, 3.8) is 0 Å². The third kappa shape index (κ3) is 1.83. The average molecular weight is 203 g/mol. The number of benzene rings is 1. The third-order valence-corrected chi connectivity index (χ3v) is 2.94. The van der Waals surface area contributed by atoms with Gasteiger partial charge in [0.15, 0.2) is 0 Å². The minimum atomic E-state index is 0.950. The first-order valence-corrected chi connectivity index (χ1v) is 5.04. The van der Waals surface area contributed by atoms with Gasteiger partial charge < -0.3 is 5.21 Å². The minimum absolute atomic E-state index is 0.950. The summed E-state index contributed by atoms with van der Waals surface area (Å²) in [6.45, 7) is 0. The van der Waals surface area contributed by atoms with E-state index in [1.165, 1.54) is 16.7 Å². The number of oxime groups is 1. The quantitative estimate of drug-likeness (QED) is 0.453. The molecule has 0 aliphatic rings. The second-order valence-corrected chi connectivity index (χ2v) is 3.93. The maximum atomic E-state index is 8.38. The molecule has 0 saturated heterocycles. The topological polar surface area (TPSA) is 32.6 Å². The molecule has 0 aliphatic heterocycles. The van der Waals surface area contributed by atoms with Gasteiger partial charge >= 0.3 is 0 Å². The smallest absolute Gasteiger partial charge is 0.0833 e. The van der Waals surface area contributed by atoms with Gasteiger partial charge in [-0.15, -0.1) is 11.3 Å². The van der Waals surface area contributed by atoms with Crippen molar-refractivity contribution in [2.45, 2.75) is 0 Å². The molecule has 70 valence electrons. The number of thiophene rings is 1. The summed E-state index contributed by atoms with van der Waals surface area (Å²) in [6.07, 6.45) is 1.44. The lowest BCUT2D eigenvalue weighted by Gasteiger charge is -1.93. The molecular formula is C11H9NOS. The second kappa shape index (κ2) is 4.07. The Morgan fingerprint density at radius 3 is 2.57 bits per heavy atom. The number of hydrogen-bond donors (Lipinski definition) is 1. The molecule has 0 fully saturated rings. The van der Waals surface area contributed by atoms with Crippen LogP contribution < -0.4 is 0 Å². The molecule has 3 heteroatoms. The Labute approximate surface area is 86.1 Å².